The quantitative estimate of drug-likeness (QED) is 0.0222. The van der Waals surface area contributed by atoms with Gasteiger partial charge in [-0.2, -0.15) is 0 Å². The lowest BCUT2D eigenvalue weighted by atomic mass is 9.99. The summed E-state index contributed by atoms with van der Waals surface area (Å²) in [5.74, 6) is 0.971. The first-order valence-electron chi connectivity index (χ1n) is 39.7. The minimum atomic E-state index is -4.96. The van der Waals surface area contributed by atoms with Crippen LogP contribution >= 0.6 is 15.6 Å². The second-order valence-corrected chi connectivity index (χ2v) is 32.3. The molecule has 19 heteroatoms. The van der Waals surface area contributed by atoms with E-state index in [9.17, 15) is 43.2 Å². The SMILES string of the molecule is CCC(C)CCCCCCCCCCCCC(=O)O[C@H](COC(=O)CCCCCCCCCCC(C)C)COP(=O)(O)OCC(O)COP(=O)(O)OC[C@@H](COC(=O)CCCCCCCCCCCCC(C)C)OC(=O)CCCCCCCCCCCCCCCCCC(C)C. The Hall–Kier alpha value is -1.94. The van der Waals surface area contributed by atoms with E-state index in [0.29, 0.717) is 25.7 Å². The highest BCUT2D eigenvalue weighted by molar-refractivity contribution is 7.47. The standard InChI is InChI=1S/C77H150O17P2/c1-9-70(8)56-48-40-32-23-18-20-26-36-44-52-60-77(82)94-73(64-88-75(80)58-50-42-34-28-27-31-39-47-55-69(6)7)66-92-96(85,86)90-62-71(78)61-89-95(83,84)91-65-72(63-87-74(79)57-49-41-33-24-19-17-22-30-38-46-54-68(4)5)93-76(81)59-51-43-35-25-16-14-12-10-11-13-15-21-29-37-45-53-67(2)3/h67-73,78H,9-66H2,1-8H3,(H,83,84)(H,85,86)/t70?,71?,72-,73-/m1/s1. The summed E-state index contributed by atoms with van der Waals surface area (Å²) in [5.41, 5.74) is 0. The molecule has 0 saturated heterocycles. The van der Waals surface area contributed by atoms with Gasteiger partial charge in [0.2, 0.25) is 0 Å². The van der Waals surface area contributed by atoms with Crippen LogP contribution in [0.25, 0.3) is 0 Å². The Morgan fingerprint density at radius 2 is 0.500 bits per heavy atom. The maximum atomic E-state index is 13.1. The van der Waals surface area contributed by atoms with Crippen LogP contribution in [0, 0.1) is 23.7 Å². The predicted molar refractivity (Wildman–Crippen MR) is 391 cm³/mol. The fourth-order valence-corrected chi connectivity index (χ4v) is 13.3. The van der Waals surface area contributed by atoms with Gasteiger partial charge in [0.15, 0.2) is 12.2 Å². The molecule has 4 unspecified atom stereocenters. The molecular weight excluding hydrogens is 1260 g/mol. The molecule has 0 aliphatic carbocycles. The number of unbranched alkanes of at least 4 members (excludes halogenated alkanes) is 39. The molecule has 3 N–H and O–H groups in total. The summed E-state index contributed by atoms with van der Waals surface area (Å²) in [7, 11) is -9.92. The van der Waals surface area contributed by atoms with Crippen LogP contribution in [-0.4, -0.2) is 96.7 Å². The highest BCUT2D eigenvalue weighted by Crippen LogP contribution is 2.45. The largest absolute Gasteiger partial charge is 0.472 e. The molecule has 0 rings (SSSR count). The summed E-state index contributed by atoms with van der Waals surface area (Å²) >= 11 is 0. The van der Waals surface area contributed by atoms with Crippen molar-refractivity contribution in [2.75, 3.05) is 39.6 Å². The zero-order chi connectivity index (χ0) is 71.0. The van der Waals surface area contributed by atoms with Crippen molar-refractivity contribution in [1.82, 2.24) is 0 Å². The van der Waals surface area contributed by atoms with Crippen LogP contribution in [-0.2, 0) is 65.4 Å². The van der Waals surface area contributed by atoms with Crippen molar-refractivity contribution in [3.05, 3.63) is 0 Å². The summed E-state index contributed by atoms with van der Waals surface area (Å²) in [6, 6.07) is 0. The number of ether oxygens (including phenoxy) is 4. The summed E-state index contributed by atoms with van der Waals surface area (Å²) in [4.78, 5) is 72.9. The first-order chi connectivity index (χ1) is 46.1. The smallest absolute Gasteiger partial charge is 0.462 e. The van der Waals surface area contributed by atoms with E-state index >= 15 is 0 Å². The summed E-state index contributed by atoms with van der Waals surface area (Å²) in [6.07, 6.45) is 51.3. The van der Waals surface area contributed by atoms with Gasteiger partial charge in [0.05, 0.1) is 26.4 Å². The Kier molecular flexibility index (Phi) is 65.0. The molecule has 0 spiro atoms. The van der Waals surface area contributed by atoms with Gasteiger partial charge < -0.3 is 33.8 Å². The first kappa shape index (κ1) is 94.1. The normalized spacial score (nSPS) is 14.4. The molecule has 96 heavy (non-hydrogen) atoms. The predicted octanol–water partition coefficient (Wildman–Crippen LogP) is 22.4. The van der Waals surface area contributed by atoms with Crippen molar-refractivity contribution < 1.29 is 80.2 Å². The fourth-order valence-electron chi connectivity index (χ4n) is 11.7. The average Bonchev–Trinajstić information content (AvgIpc) is 1.09. The molecule has 6 atom stereocenters. The third-order valence-corrected chi connectivity index (χ3v) is 20.1. The van der Waals surface area contributed by atoms with Crippen LogP contribution < -0.4 is 0 Å². The van der Waals surface area contributed by atoms with Crippen LogP contribution in [0.2, 0.25) is 0 Å². The van der Waals surface area contributed by atoms with Gasteiger partial charge in [-0.15, -0.1) is 0 Å². The lowest BCUT2D eigenvalue weighted by Gasteiger charge is -2.21. The monoisotopic (exact) mass is 1410 g/mol. The highest BCUT2D eigenvalue weighted by Gasteiger charge is 2.30. The first-order valence-corrected chi connectivity index (χ1v) is 42.7. The maximum absolute atomic E-state index is 13.1. The lowest BCUT2D eigenvalue weighted by molar-refractivity contribution is -0.161. The number of hydrogen-bond acceptors (Lipinski definition) is 15. The number of esters is 4. The second-order valence-electron chi connectivity index (χ2n) is 29.4. The minimum absolute atomic E-state index is 0.105. The summed E-state index contributed by atoms with van der Waals surface area (Å²) in [5, 5.41) is 10.6. The second kappa shape index (κ2) is 66.3. The van der Waals surface area contributed by atoms with Gasteiger partial charge in [-0.05, 0) is 49.4 Å². The molecular formula is C77H150O17P2. The molecule has 0 radical (unpaired) electrons. The number of carbonyl (C=O) groups is 4. The number of phosphoric ester groups is 2. The lowest BCUT2D eigenvalue weighted by Crippen LogP contribution is -2.30. The molecule has 17 nitrogen and oxygen atoms in total. The van der Waals surface area contributed by atoms with E-state index in [0.717, 1.165) is 114 Å². The Labute approximate surface area is 588 Å². The molecule has 0 aromatic carbocycles. The van der Waals surface area contributed by atoms with Crippen LogP contribution in [0.4, 0.5) is 0 Å². The Morgan fingerprint density at radius 1 is 0.292 bits per heavy atom. The van der Waals surface area contributed by atoms with Gasteiger partial charge in [0, 0.05) is 25.7 Å². The molecule has 570 valence electrons. The van der Waals surface area contributed by atoms with Crippen LogP contribution in [0.1, 0.15) is 389 Å². The molecule has 0 aliphatic rings. The topological polar surface area (TPSA) is 237 Å². The summed E-state index contributed by atoms with van der Waals surface area (Å²) in [6.45, 7) is 14.2. The van der Waals surface area contributed by atoms with E-state index in [1.165, 1.54) is 193 Å². The van der Waals surface area contributed by atoms with Gasteiger partial charge in [0.1, 0.15) is 19.3 Å². The number of hydrogen-bond donors (Lipinski definition) is 3. The number of rotatable bonds is 74. The Balaban J connectivity index is 5.26. The zero-order valence-corrected chi connectivity index (χ0v) is 64.8. The molecule has 0 aliphatic heterocycles. The fraction of sp³-hybridized carbons (Fsp3) is 0.948. The molecule has 0 aromatic heterocycles. The molecule has 0 saturated carbocycles. The number of carbonyl (C=O) groups excluding carboxylic acids is 4. The molecule has 0 heterocycles. The van der Waals surface area contributed by atoms with Gasteiger partial charge in [-0.1, -0.05) is 338 Å². The molecule has 0 aromatic rings. The van der Waals surface area contributed by atoms with Crippen molar-refractivity contribution in [3.8, 4) is 0 Å². The number of phosphoric acid groups is 2. The van der Waals surface area contributed by atoms with Gasteiger partial charge in [-0.25, -0.2) is 9.13 Å². The zero-order valence-electron chi connectivity index (χ0n) is 63.0. The van der Waals surface area contributed by atoms with Crippen molar-refractivity contribution >= 4 is 39.5 Å². The third-order valence-electron chi connectivity index (χ3n) is 18.2. The maximum Gasteiger partial charge on any atom is 0.472 e. The van der Waals surface area contributed by atoms with Crippen molar-refractivity contribution in [3.63, 3.8) is 0 Å². The molecule has 0 bridgehead atoms. The summed E-state index contributed by atoms with van der Waals surface area (Å²) < 4.78 is 68.6. The van der Waals surface area contributed by atoms with Gasteiger partial charge in [0.25, 0.3) is 0 Å². The van der Waals surface area contributed by atoms with Gasteiger partial charge in [-0.3, -0.25) is 37.3 Å². The minimum Gasteiger partial charge on any atom is -0.462 e. The third kappa shape index (κ3) is 69.2. The van der Waals surface area contributed by atoms with E-state index in [2.05, 4.69) is 55.4 Å². The average molecular weight is 1410 g/mol. The van der Waals surface area contributed by atoms with E-state index in [1.807, 2.05) is 0 Å². The van der Waals surface area contributed by atoms with Crippen molar-refractivity contribution in [2.45, 2.75) is 408 Å². The number of aliphatic hydroxyl groups excluding tert-OH is 1. The van der Waals surface area contributed by atoms with Crippen molar-refractivity contribution in [2.24, 2.45) is 23.7 Å². The van der Waals surface area contributed by atoms with E-state index < -0.39 is 97.5 Å². The van der Waals surface area contributed by atoms with E-state index in [4.69, 9.17) is 37.0 Å². The van der Waals surface area contributed by atoms with Crippen LogP contribution in [0.15, 0.2) is 0 Å². The van der Waals surface area contributed by atoms with Crippen LogP contribution in [0.3, 0.4) is 0 Å². The Morgan fingerprint density at radius 3 is 0.740 bits per heavy atom. The highest BCUT2D eigenvalue weighted by atomic mass is 31.2. The van der Waals surface area contributed by atoms with Crippen LogP contribution in [0.5, 0.6) is 0 Å². The number of aliphatic hydroxyl groups is 1. The Bertz CT molecular complexity index is 1890. The van der Waals surface area contributed by atoms with Crippen molar-refractivity contribution in [1.29, 1.82) is 0 Å². The van der Waals surface area contributed by atoms with E-state index in [-0.39, 0.29) is 25.7 Å². The molecule has 0 fully saturated rings. The van der Waals surface area contributed by atoms with E-state index in [1.54, 1.807) is 0 Å². The van der Waals surface area contributed by atoms with Gasteiger partial charge >= 0.3 is 39.5 Å². The molecule has 0 amide bonds.